The van der Waals surface area contributed by atoms with Crippen LogP contribution in [0.2, 0.25) is 0 Å². The molecule has 3 aromatic rings. The molecule has 200 valence electrons. The number of aliphatic hydroxyl groups is 2. The summed E-state index contributed by atoms with van der Waals surface area (Å²) in [5.74, 6) is 0.113. The van der Waals surface area contributed by atoms with Gasteiger partial charge in [-0.1, -0.05) is 18.2 Å². The molecule has 1 aliphatic carbocycles. The summed E-state index contributed by atoms with van der Waals surface area (Å²) in [5.41, 5.74) is 4.32. The lowest BCUT2D eigenvalue weighted by molar-refractivity contribution is -0.0884. The Balaban J connectivity index is 1.34. The minimum Gasteiger partial charge on any atom is -0.490 e. The van der Waals surface area contributed by atoms with Gasteiger partial charge in [-0.2, -0.15) is 5.26 Å². The van der Waals surface area contributed by atoms with Crippen LogP contribution in [0, 0.1) is 11.3 Å². The van der Waals surface area contributed by atoms with Gasteiger partial charge in [-0.3, -0.25) is 4.90 Å². The van der Waals surface area contributed by atoms with Crippen LogP contribution < -0.4 is 9.46 Å². The number of benzene rings is 2. The molecule has 2 unspecified atom stereocenters. The zero-order valence-electron chi connectivity index (χ0n) is 21.2. The van der Waals surface area contributed by atoms with Crippen molar-refractivity contribution in [1.82, 2.24) is 14.6 Å². The van der Waals surface area contributed by atoms with Crippen molar-refractivity contribution in [1.29, 1.82) is 5.26 Å². The van der Waals surface area contributed by atoms with Crippen LogP contribution in [0.3, 0.4) is 0 Å². The number of fused-ring (bicyclic) bond motifs is 1. The molecule has 0 radical (unpaired) electrons. The third kappa shape index (κ3) is 5.61. The highest BCUT2D eigenvalue weighted by molar-refractivity contribution is 7.89. The first kappa shape index (κ1) is 26.7. The lowest BCUT2D eigenvalue weighted by Gasteiger charge is -2.39. The lowest BCUT2D eigenvalue weighted by Crippen LogP contribution is -2.57. The normalized spacial score (nSPS) is 18.7. The number of rotatable bonds is 9. The number of hydrogen-bond donors (Lipinski definition) is 3. The Morgan fingerprint density at radius 2 is 2.08 bits per heavy atom. The van der Waals surface area contributed by atoms with Gasteiger partial charge in [0.2, 0.25) is 10.0 Å². The number of nitrogens with zero attached hydrogens (tertiary/aromatic N) is 3. The maximum absolute atomic E-state index is 12.8. The highest BCUT2D eigenvalue weighted by Gasteiger charge is 2.34. The minimum absolute atomic E-state index is 0.0347. The van der Waals surface area contributed by atoms with E-state index in [4.69, 9.17) is 4.74 Å². The van der Waals surface area contributed by atoms with Gasteiger partial charge < -0.3 is 14.9 Å². The fourth-order valence-electron chi connectivity index (χ4n) is 4.94. The molecule has 9 nitrogen and oxygen atoms in total. The van der Waals surface area contributed by atoms with E-state index in [1.807, 2.05) is 44.3 Å². The zero-order valence-corrected chi connectivity index (χ0v) is 22.8. The Labute approximate surface area is 226 Å². The number of thiazole rings is 1. The predicted molar refractivity (Wildman–Crippen MR) is 145 cm³/mol. The molecule has 38 heavy (non-hydrogen) atoms. The summed E-state index contributed by atoms with van der Waals surface area (Å²) in [7, 11) is -3.74. The van der Waals surface area contributed by atoms with E-state index in [0.717, 1.165) is 32.1 Å². The van der Waals surface area contributed by atoms with Crippen molar-refractivity contribution in [3.8, 4) is 32.8 Å². The average molecular weight is 555 g/mol. The molecule has 5 rings (SSSR count). The van der Waals surface area contributed by atoms with Crippen LogP contribution >= 0.6 is 11.3 Å². The Bertz CT molecular complexity index is 1470. The molecular weight excluding hydrogens is 524 g/mol. The maximum Gasteiger partial charge on any atom is 0.216 e. The number of sulfonamides is 1. The van der Waals surface area contributed by atoms with Crippen molar-refractivity contribution in [3.63, 3.8) is 0 Å². The second kappa shape index (κ2) is 10.7. The van der Waals surface area contributed by atoms with Crippen molar-refractivity contribution in [2.75, 3.05) is 18.8 Å². The minimum atomic E-state index is -3.74. The van der Waals surface area contributed by atoms with Gasteiger partial charge in [0.1, 0.15) is 28.8 Å². The summed E-state index contributed by atoms with van der Waals surface area (Å²) in [6.07, 6.45) is 1.46. The topological polar surface area (TPSA) is 136 Å². The molecule has 2 aromatic carbocycles. The highest BCUT2D eigenvalue weighted by Crippen LogP contribution is 2.41. The fourth-order valence-corrected chi connectivity index (χ4v) is 7.29. The molecule has 2 aliphatic rings. The molecular formula is C27H30N4O5S2. The summed E-state index contributed by atoms with van der Waals surface area (Å²) in [5, 5.41) is 30.0. The Morgan fingerprint density at radius 1 is 1.29 bits per heavy atom. The van der Waals surface area contributed by atoms with Crippen LogP contribution in [0.1, 0.15) is 43.0 Å². The second-order valence-electron chi connectivity index (χ2n) is 9.97. The second-order valence-corrected chi connectivity index (χ2v) is 12.8. The Hall–Kier alpha value is -2.85. The van der Waals surface area contributed by atoms with Crippen molar-refractivity contribution in [3.05, 3.63) is 59.3 Å². The van der Waals surface area contributed by atoms with Crippen molar-refractivity contribution in [2.24, 2.45) is 0 Å². The van der Waals surface area contributed by atoms with E-state index in [2.05, 4.69) is 15.8 Å². The number of aliphatic hydroxyl groups excluding tert-OH is 2. The number of nitriles is 1. The monoisotopic (exact) mass is 554 g/mol. The van der Waals surface area contributed by atoms with Crippen molar-refractivity contribution < 1.29 is 23.4 Å². The summed E-state index contributed by atoms with van der Waals surface area (Å²) in [6, 6.07) is 13.2. The smallest absolute Gasteiger partial charge is 0.216 e. The van der Waals surface area contributed by atoms with Crippen LogP contribution in [0.4, 0.5) is 0 Å². The van der Waals surface area contributed by atoms with Crippen LogP contribution in [0.25, 0.3) is 21.0 Å². The van der Waals surface area contributed by atoms with E-state index in [0.29, 0.717) is 24.2 Å². The first-order valence-corrected chi connectivity index (χ1v) is 15.0. The summed E-state index contributed by atoms with van der Waals surface area (Å²) in [4.78, 5) is 7.11. The van der Waals surface area contributed by atoms with Gasteiger partial charge in [0.05, 0.1) is 22.6 Å². The van der Waals surface area contributed by atoms with Crippen LogP contribution in [0.5, 0.6) is 5.75 Å². The van der Waals surface area contributed by atoms with E-state index < -0.39 is 28.1 Å². The SMILES string of the molecule is CC(C)Oc1ccc(-c2ncc(-c3cccc4c3CCC4NS(=O)(=O)CC(O)N3CC(O)C3)s2)cc1C#N. The number of likely N-dealkylation sites (tertiary alicyclic amines) is 1. The molecule has 0 amide bonds. The highest BCUT2D eigenvalue weighted by atomic mass is 32.2. The molecule has 0 bridgehead atoms. The number of ether oxygens (including phenoxy) is 1. The predicted octanol–water partition coefficient (Wildman–Crippen LogP) is 3.04. The molecule has 1 aromatic heterocycles. The van der Waals surface area contributed by atoms with E-state index >= 15 is 0 Å². The van der Waals surface area contributed by atoms with Crippen molar-refractivity contribution in [2.45, 2.75) is 51.2 Å². The standard InChI is InChI=1S/C27H30N4O5S2/c1-16(2)36-24-9-6-17(10-18(24)11-28)27-29-12-25(37-27)22-5-3-4-21-20(22)7-8-23(21)30-38(34,35)15-26(33)31-13-19(32)14-31/h3-6,9-10,12,16,19,23,26,30,32-33H,7-8,13-15H2,1-2H3. The van der Waals surface area contributed by atoms with Gasteiger partial charge in [0, 0.05) is 30.9 Å². The van der Waals surface area contributed by atoms with Crippen LogP contribution in [-0.2, 0) is 16.4 Å². The molecule has 3 N–H and O–H groups in total. The number of β-amino-alcohol motifs (C(OH)–C–C–N with tert-alkyl or cyclic N) is 1. The summed E-state index contributed by atoms with van der Waals surface area (Å²) in [6.45, 7) is 4.38. The first-order chi connectivity index (χ1) is 18.1. The van der Waals surface area contributed by atoms with Gasteiger partial charge >= 0.3 is 0 Å². The Kier molecular flexibility index (Phi) is 7.55. The average Bonchev–Trinajstić information content (AvgIpc) is 3.49. The van der Waals surface area contributed by atoms with E-state index in [9.17, 15) is 23.9 Å². The molecule has 0 saturated carbocycles. The van der Waals surface area contributed by atoms with Gasteiger partial charge in [0.25, 0.3) is 0 Å². The Morgan fingerprint density at radius 3 is 2.79 bits per heavy atom. The third-order valence-corrected chi connectivity index (χ3v) is 9.21. The maximum atomic E-state index is 12.8. The molecule has 1 aliphatic heterocycles. The van der Waals surface area contributed by atoms with E-state index in [1.54, 1.807) is 12.1 Å². The van der Waals surface area contributed by atoms with Gasteiger partial charge in [-0.05, 0) is 61.6 Å². The van der Waals surface area contributed by atoms with Gasteiger partial charge in [-0.15, -0.1) is 11.3 Å². The summed E-state index contributed by atoms with van der Waals surface area (Å²) >= 11 is 1.52. The van der Waals surface area contributed by atoms with Crippen molar-refractivity contribution >= 4 is 21.4 Å². The quantitative estimate of drug-likeness (QED) is 0.367. The van der Waals surface area contributed by atoms with Crippen LogP contribution in [0.15, 0.2) is 42.6 Å². The third-order valence-electron chi connectivity index (χ3n) is 6.75. The zero-order chi connectivity index (χ0) is 27.0. The van der Waals surface area contributed by atoms with E-state index in [-0.39, 0.29) is 25.2 Å². The lowest BCUT2D eigenvalue weighted by atomic mass is 10.0. The summed E-state index contributed by atoms with van der Waals surface area (Å²) < 4.78 is 34.1. The number of hydrogen-bond acceptors (Lipinski definition) is 9. The molecule has 1 fully saturated rings. The largest absolute Gasteiger partial charge is 0.490 e. The number of nitrogens with one attached hydrogen (secondary N) is 1. The van der Waals surface area contributed by atoms with E-state index in [1.165, 1.54) is 16.2 Å². The first-order valence-electron chi connectivity index (χ1n) is 12.5. The van der Waals surface area contributed by atoms with Gasteiger partial charge in [0.15, 0.2) is 0 Å². The molecule has 2 atom stereocenters. The molecule has 0 spiro atoms. The fraction of sp³-hybridized carbons (Fsp3) is 0.407. The molecule has 1 saturated heterocycles. The molecule has 11 heteroatoms. The molecule has 2 heterocycles. The number of aromatic nitrogens is 1. The van der Waals surface area contributed by atoms with Crippen LogP contribution in [-0.4, -0.2) is 65.8 Å². The van der Waals surface area contributed by atoms with Gasteiger partial charge in [-0.25, -0.2) is 18.1 Å².